The van der Waals surface area contributed by atoms with E-state index in [1.807, 2.05) is 6.92 Å². The standard InChI is InChI=1S/C21H32O2/c1-3-5-6-7-17-8-12-19(13-9-17)20-14-10-18(11-15-20)16-21(22)23-4-2/h10-11,14-15,17,19H,3-9,12-13,16H2,1-2H3. The fraction of sp³-hybridized carbons (Fsp3) is 0.667. The Kier molecular flexibility index (Phi) is 7.64. The van der Waals surface area contributed by atoms with E-state index >= 15 is 0 Å². The molecule has 2 heteroatoms. The molecule has 1 aliphatic rings. The molecule has 0 N–H and O–H groups in total. The van der Waals surface area contributed by atoms with E-state index in [2.05, 4.69) is 31.2 Å². The Bertz CT molecular complexity index is 455. The van der Waals surface area contributed by atoms with Crippen molar-refractivity contribution in [2.24, 2.45) is 5.92 Å². The molecule has 0 saturated heterocycles. The first-order chi connectivity index (χ1) is 11.2. The zero-order valence-electron chi connectivity index (χ0n) is 14.9. The minimum absolute atomic E-state index is 0.132. The second kappa shape index (κ2) is 9.75. The lowest BCUT2D eigenvalue weighted by atomic mass is 9.77. The lowest BCUT2D eigenvalue weighted by Gasteiger charge is -2.29. The molecule has 1 aromatic carbocycles. The van der Waals surface area contributed by atoms with Crippen LogP contribution >= 0.6 is 0 Å². The Labute approximate surface area is 141 Å². The van der Waals surface area contributed by atoms with Crippen LogP contribution in [0.1, 0.15) is 82.3 Å². The average molecular weight is 316 g/mol. The van der Waals surface area contributed by atoms with Crippen molar-refractivity contribution in [3.63, 3.8) is 0 Å². The maximum atomic E-state index is 11.5. The summed E-state index contributed by atoms with van der Waals surface area (Å²) in [6.07, 6.45) is 11.4. The summed E-state index contributed by atoms with van der Waals surface area (Å²) in [5.74, 6) is 1.54. The van der Waals surface area contributed by atoms with Gasteiger partial charge in [-0.25, -0.2) is 0 Å². The molecule has 1 fully saturated rings. The number of esters is 1. The molecule has 1 aliphatic carbocycles. The number of carbonyl (C=O) groups is 1. The van der Waals surface area contributed by atoms with Gasteiger partial charge in [-0.05, 0) is 55.6 Å². The molecule has 0 spiro atoms. The summed E-state index contributed by atoms with van der Waals surface area (Å²) in [4.78, 5) is 11.5. The van der Waals surface area contributed by atoms with Crippen molar-refractivity contribution in [2.75, 3.05) is 6.61 Å². The summed E-state index contributed by atoms with van der Waals surface area (Å²) >= 11 is 0. The fourth-order valence-corrected chi connectivity index (χ4v) is 3.75. The van der Waals surface area contributed by atoms with Gasteiger partial charge in [0.2, 0.25) is 0 Å². The molecule has 0 bridgehead atoms. The van der Waals surface area contributed by atoms with Crippen LogP contribution in [0.15, 0.2) is 24.3 Å². The van der Waals surface area contributed by atoms with Crippen LogP contribution in [0.3, 0.4) is 0 Å². The molecule has 0 aromatic heterocycles. The Morgan fingerprint density at radius 2 is 1.74 bits per heavy atom. The minimum atomic E-state index is -0.132. The van der Waals surface area contributed by atoms with Crippen LogP contribution in [-0.2, 0) is 16.0 Å². The fourth-order valence-electron chi connectivity index (χ4n) is 3.75. The van der Waals surface area contributed by atoms with E-state index in [1.165, 1.54) is 56.9 Å². The summed E-state index contributed by atoms with van der Waals surface area (Å²) in [7, 11) is 0. The smallest absolute Gasteiger partial charge is 0.310 e. The second-order valence-corrected chi connectivity index (χ2v) is 6.94. The summed E-state index contributed by atoms with van der Waals surface area (Å²) in [5.41, 5.74) is 2.50. The molecule has 0 heterocycles. The zero-order chi connectivity index (χ0) is 16.5. The van der Waals surface area contributed by atoms with E-state index in [4.69, 9.17) is 4.74 Å². The number of unbranched alkanes of at least 4 members (excludes halogenated alkanes) is 2. The molecule has 0 aliphatic heterocycles. The molecular formula is C21H32O2. The third kappa shape index (κ3) is 6.01. The second-order valence-electron chi connectivity index (χ2n) is 6.94. The van der Waals surface area contributed by atoms with Gasteiger partial charge in [0, 0.05) is 0 Å². The molecule has 2 rings (SSSR count). The topological polar surface area (TPSA) is 26.3 Å². The van der Waals surface area contributed by atoms with Crippen molar-refractivity contribution in [1.82, 2.24) is 0 Å². The van der Waals surface area contributed by atoms with Crippen molar-refractivity contribution < 1.29 is 9.53 Å². The van der Waals surface area contributed by atoms with Crippen LogP contribution in [0.25, 0.3) is 0 Å². The van der Waals surface area contributed by atoms with Gasteiger partial charge in [0.25, 0.3) is 0 Å². The Balaban J connectivity index is 1.78. The van der Waals surface area contributed by atoms with Crippen LogP contribution in [0.2, 0.25) is 0 Å². The van der Waals surface area contributed by atoms with Crippen LogP contribution in [0, 0.1) is 5.92 Å². The maximum absolute atomic E-state index is 11.5. The molecule has 128 valence electrons. The molecule has 0 radical (unpaired) electrons. The Hall–Kier alpha value is -1.31. The van der Waals surface area contributed by atoms with Gasteiger partial charge in [-0.2, -0.15) is 0 Å². The lowest BCUT2D eigenvalue weighted by molar-refractivity contribution is -0.142. The van der Waals surface area contributed by atoms with Crippen molar-refractivity contribution in [2.45, 2.75) is 77.6 Å². The van der Waals surface area contributed by atoms with Crippen molar-refractivity contribution in [3.05, 3.63) is 35.4 Å². The SMILES string of the molecule is CCCCCC1CCC(c2ccc(CC(=O)OCC)cc2)CC1. The Morgan fingerprint density at radius 1 is 1.04 bits per heavy atom. The van der Waals surface area contributed by atoms with E-state index in [-0.39, 0.29) is 5.97 Å². The van der Waals surface area contributed by atoms with E-state index in [0.29, 0.717) is 18.9 Å². The molecular weight excluding hydrogens is 284 g/mol. The van der Waals surface area contributed by atoms with Crippen molar-refractivity contribution in [3.8, 4) is 0 Å². The Morgan fingerprint density at radius 3 is 2.35 bits per heavy atom. The molecule has 0 atom stereocenters. The molecule has 0 amide bonds. The lowest BCUT2D eigenvalue weighted by Crippen LogP contribution is -2.13. The first kappa shape index (κ1) is 18.0. The van der Waals surface area contributed by atoms with Gasteiger partial charge in [0.1, 0.15) is 0 Å². The highest BCUT2D eigenvalue weighted by molar-refractivity contribution is 5.72. The predicted octanol–water partition coefficient (Wildman–Crippen LogP) is 5.65. The number of benzene rings is 1. The first-order valence-electron chi connectivity index (χ1n) is 9.47. The number of rotatable bonds is 8. The quantitative estimate of drug-likeness (QED) is 0.458. The van der Waals surface area contributed by atoms with Gasteiger partial charge in [0.15, 0.2) is 0 Å². The zero-order valence-corrected chi connectivity index (χ0v) is 14.9. The summed E-state index contributed by atoms with van der Waals surface area (Å²) in [5, 5.41) is 0. The third-order valence-corrected chi connectivity index (χ3v) is 5.17. The molecule has 1 saturated carbocycles. The van der Waals surface area contributed by atoms with E-state index in [9.17, 15) is 4.79 Å². The average Bonchev–Trinajstić information content (AvgIpc) is 2.57. The summed E-state index contributed by atoms with van der Waals surface area (Å²) < 4.78 is 5.01. The molecule has 23 heavy (non-hydrogen) atoms. The van der Waals surface area contributed by atoms with E-state index in [1.54, 1.807) is 0 Å². The normalized spacial score (nSPS) is 21.1. The number of ether oxygens (including phenoxy) is 1. The monoisotopic (exact) mass is 316 g/mol. The van der Waals surface area contributed by atoms with Gasteiger partial charge < -0.3 is 4.74 Å². The van der Waals surface area contributed by atoms with Gasteiger partial charge in [0.05, 0.1) is 13.0 Å². The highest BCUT2D eigenvalue weighted by Crippen LogP contribution is 2.37. The predicted molar refractivity (Wildman–Crippen MR) is 95.6 cm³/mol. The first-order valence-corrected chi connectivity index (χ1v) is 9.47. The molecule has 2 nitrogen and oxygen atoms in total. The van der Waals surface area contributed by atoms with Gasteiger partial charge in [-0.3, -0.25) is 4.79 Å². The van der Waals surface area contributed by atoms with E-state index < -0.39 is 0 Å². The highest BCUT2D eigenvalue weighted by Gasteiger charge is 2.22. The van der Waals surface area contributed by atoms with Crippen LogP contribution < -0.4 is 0 Å². The third-order valence-electron chi connectivity index (χ3n) is 5.17. The van der Waals surface area contributed by atoms with Gasteiger partial charge >= 0.3 is 5.97 Å². The number of carbonyl (C=O) groups excluding carboxylic acids is 1. The van der Waals surface area contributed by atoms with Crippen LogP contribution in [-0.4, -0.2) is 12.6 Å². The van der Waals surface area contributed by atoms with Crippen LogP contribution in [0.4, 0.5) is 0 Å². The van der Waals surface area contributed by atoms with Crippen molar-refractivity contribution in [1.29, 1.82) is 0 Å². The number of hydrogen-bond acceptors (Lipinski definition) is 2. The summed E-state index contributed by atoms with van der Waals surface area (Å²) in [6, 6.07) is 8.63. The van der Waals surface area contributed by atoms with E-state index in [0.717, 1.165) is 11.5 Å². The highest BCUT2D eigenvalue weighted by atomic mass is 16.5. The van der Waals surface area contributed by atoms with Crippen molar-refractivity contribution >= 4 is 5.97 Å². The number of hydrogen-bond donors (Lipinski definition) is 0. The maximum Gasteiger partial charge on any atom is 0.310 e. The minimum Gasteiger partial charge on any atom is -0.466 e. The van der Waals surface area contributed by atoms with Crippen LogP contribution in [0.5, 0.6) is 0 Å². The summed E-state index contributed by atoms with van der Waals surface area (Å²) in [6.45, 7) is 4.58. The molecule has 1 aromatic rings. The molecule has 0 unspecified atom stereocenters. The van der Waals surface area contributed by atoms with Gasteiger partial charge in [-0.1, -0.05) is 56.9 Å². The van der Waals surface area contributed by atoms with Gasteiger partial charge in [-0.15, -0.1) is 0 Å². The largest absolute Gasteiger partial charge is 0.466 e.